The van der Waals surface area contributed by atoms with Crippen LogP contribution in [0.5, 0.6) is 0 Å². The Hall–Kier alpha value is -2.16. The van der Waals surface area contributed by atoms with E-state index in [0.717, 1.165) is 11.4 Å². The molecule has 0 bridgehead atoms. The molecule has 2 aromatic rings. The molecule has 0 aromatic heterocycles. The Morgan fingerprint density at radius 2 is 1.39 bits per heavy atom. The van der Waals surface area contributed by atoms with Crippen LogP contribution in [0.25, 0.3) is 0 Å². The van der Waals surface area contributed by atoms with Crippen LogP contribution >= 0.6 is 0 Å². The van der Waals surface area contributed by atoms with Gasteiger partial charge in [0.15, 0.2) is 0 Å². The number of rotatable bonds is 2. The molecule has 94 valence electrons. The zero-order valence-electron chi connectivity index (χ0n) is 11.1. The molecular formula is C15H19N3. The zero-order chi connectivity index (χ0) is 13.3. The molecule has 0 aliphatic rings. The van der Waals surface area contributed by atoms with E-state index in [2.05, 4.69) is 36.9 Å². The van der Waals surface area contributed by atoms with Crippen LogP contribution in [0.15, 0.2) is 36.4 Å². The largest absolute Gasteiger partial charge is 0.397 e. The summed E-state index contributed by atoms with van der Waals surface area (Å²) in [4.78, 5) is 2.11. The van der Waals surface area contributed by atoms with Crippen molar-refractivity contribution in [3.8, 4) is 0 Å². The molecule has 0 amide bonds. The van der Waals surface area contributed by atoms with E-state index < -0.39 is 0 Å². The van der Waals surface area contributed by atoms with Crippen molar-refractivity contribution in [3.63, 3.8) is 0 Å². The predicted molar refractivity (Wildman–Crippen MR) is 79.2 cm³/mol. The maximum atomic E-state index is 5.84. The highest BCUT2D eigenvalue weighted by molar-refractivity contribution is 5.73. The molecule has 0 unspecified atom stereocenters. The lowest BCUT2D eigenvalue weighted by atomic mass is 10.1. The first-order valence-corrected chi connectivity index (χ1v) is 5.94. The Morgan fingerprint density at radius 3 is 1.94 bits per heavy atom. The van der Waals surface area contributed by atoms with Gasteiger partial charge in [0.25, 0.3) is 0 Å². The third-order valence-electron chi connectivity index (χ3n) is 3.05. The van der Waals surface area contributed by atoms with Crippen LogP contribution in [-0.4, -0.2) is 7.05 Å². The first-order chi connectivity index (χ1) is 8.47. The van der Waals surface area contributed by atoms with Gasteiger partial charge in [-0.25, -0.2) is 0 Å². The summed E-state index contributed by atoms with van der Waals surface area (Å²) in [5.41, 5.74) is 17.5. The van der Waals surface area contributed by atoms with Gasteiger partial charge >= 0.3 is 0 Å². The lowest BCUT2D eigenvalue weighted by Crippen LogP contribution is -2.10. The third kappa shape index (κ3) is 2.40. The van der Waals surface area contributed by atoms with Gasteiger partial charge in [-0.05, 0) is 55.3 Å². The zero-order valence-corrected chi connectivity index (χ0v) is 11.1. The lowest BCUT2D eigenvalue weighted by molar-refractivity contribution is 1.19. The Labute approximate surface area is 108 Å². The minimum absolute atomic E-state index is 0.615. The Kier molecular flexibility index (Phi) is 3.15. The van der Waals surface area contributed by atoms with Gasteiger partial charge in [-0.3, -0.25) is 0 Å². The summed E-state index contributed by atoms with van der Waals surface area (Å²) < 4.78 is 0. The van der Waals surface area contributed by atoms with Gasteiger partial charge in [0.1, 0.15) is 0 Å². The number of hydrogen-bond acceptors (Lipinski definition) is 3. The molecule has 0 radical (unpaired) electrons. The average molecular weight is 241 g/mol. The van der Waals surface area contributed by atoms with Gasteiger partial charge in [0, 0.05) is 18.4 Å². The fourth-order valence-corrected chi connectivity index (χ4v) is 2.06. The van der Waals surface area contributed by atoms with E-state index in [4.69, 9.17) is 11.5 Å². The van der Waals surface area contributed by atoms with E-state index in [1.165, 1.54) is 11.1 Å². The van der Waals surface area contributed by atoms with Crippen molar-refractivity contribution in [2.24, 2.45) is 0 Å². The molecule has 0 heterocycles. The normalized spacial score (nSPS) is 10.4. The second-order valence-electron chi connectivity index (χ2n) is 4.72. The lowest BCUT2D eigenvalue weighted by Gasteiger charge is -2.21. The highest BCUT2D eigenvalue weighted by atomic mass is 15.1. The molecule has 3 nitrogen and oxygen atoms in total. The van der Waals surface area contributed by atoms with Gasteiger partial charge in [-0.2, -0.15) is 0 Å². The fraction of sp³-hybridized carbons (Fsp3) is 0.200. The van der Waals surface area contributed by atoms with Crippen molar-refractivity contribution < 1.29 is 0 Å². The van der Waals surface area contributed by atoms with Crippen molar-refractivity contribution >= 4 is 22.7 Å². The molecule has 0 aliphatic heterocycles. The predicted octanol–water partition coefficient (Wildman–Crippen LogP) is 3.24. The molecular weight excluding hydrogens is 222 g/mol. The van der Waals surface area contributed by atoms with E-state index in [1.807, 2.05) is 25.2 Å². The summed E-state index contributed by atoms with van der Waals surface area (Å²) in [6.07, 6.45) is 0. The minimum Gasteiger partial charge on any atom is -0.397 e. The maximum Gasteiger partial charge on any atom is 0.0568 e. The smallest absolute Gasteiger partial charge is 0.0568 e. The third-order valence-corrected chi connectivity index (χ3v) is 3.05. The van der Waals surface area contributed by atoms with E-state index in [9.17, 15) is 0 Å². The highest BCUT2D eigenvalue weighted by Gasteiger charge is 2.06. The van der Waals surface area contributed by atoms with Gasteiger partial charge in [0.05, 0.1) is 11.4 Å². The number of benzene rings is 2. The molecule has 0 saturated heterocycles. The topological polar surface area (TPSA) is 55.3 Å². The summed E-state index contributed by atoms with van der Waals surface area (Å²) in [6, 6.07) is 12.2. The van der Waals surface area contributed by atoms with Crippen molar-refractivity contribution in [2.75, 3.05) is 23.4 Å². The standard InChI is InChI=1S/C15H19N3/c1-10-6-11(2)8-13(7-10)18(3)12-4-5-14(16)15(17)9-12/h4-9H,16-17H2,1-3H3. The molecule has 0 saturated carbocycles. The molecule has 18 heavy (non-hydrogen) atoms. The van der Waals surface area contributed by atoms with Crippen LogP contribution in [-0.2, 0) is 0 Å². The van der Waals surface area contributed by atoms with Crippen LogP contribution in [0.3, 0.4) is 0 Å². The molecule has 3 heteroatoms. The number of nitrogens with two attached hydrogens (primary N) is 2. The van der Waals surface area contributed by atoms with Crippen LogP contribution < -0.4 is 16.4 Å². The van der Waals surface area contributed by atoms with Crippen LogP contribution in [0.2, 0.25) is 0 Å². The van der Waals surface area contributed by atoms with E-state index >= 15 is 0 Å². The van der Waals surface area contributed by atoms with E-state index in [0.29, 0.717) is 11.4 Å². The van der Waals surface area contributed by atoms with Crippen LogP contribution in [0, 0.1) is 13.8 Å². The number of anilines is 4. The highest BCUT2D eigenvalue weighted by Crippen LogP contribution is 2.28. The second-order valence-corrected chi connectivity index (χ2v) is 4.72. The van der Waals surface area contributed by atoms with Crippen molar-refractivity contribution in [3.05, 3.63) is 47.5 Å². The van der Waals surface area contributed by atoms with Crippen molar-refractivity contribution in [2.45, 2.75) is 13.8 Å². The molecule has 0 atom stereocenters. The second kappa shape index (κ2) is 4.61. The van der Waals surface area contributed by atoms with Gasteiger partial charge in [-0.1, -0.05) is 6.07 Å². The number of hydrogen-bond donors (Lipinski definition) is 2. The van der Waals surface area contributed by atoms with E-state index in [-0.39, 0.29) is 0 Å². The van der Waals surface area contributed by atoms with Gasteiger partial charge in [0.2, 0.25) is 0 Å². The number of aryl methyl sites for hydroxylation is 2. The van der Waals surface area contributed by atoms with Gasteiger partial charge in [-0.15, -0.1) is 0 Å². The molecule has 0 fully saturated rings. The van der Waals surface area contributed by atoms with E-state index in [1.54, 1.807) is 0 Å². The number of nitrogen functional groups attached to an aromatic ring is 2. The first kappa shape index (κ1) is 12.3. The minimum atomic E-state index is 0.615. The summed E-state index contributed by atoms with van der Waals surface area (Å²) in [5, 5.41) is 0. The quantitative estimate of drug-likeness (QED) is 0.794. The molecule has 2 aromatic carbocycles. The summed E-state index contributed by atoms with van der Waals surface area (Å²) >= 11 is 0. The Balaban J connectivity index is 2.40. The summed E-state index contributed by atoms with van der Waals surface area (Å²) in [5.74, 6) is 0. The van der Waals surface area contributed by atoms with Crippen molar-refractivity contribution in [1.29, 1.82) is 0 Å². The molecule has 0 spiro atoms. The molecule has 2 rings (SSSR count). The first-order valence-electron chi connectivity index (χ1n) is 5.94. The van der Waals surface area contributed by atoms with Gasteiger partial charge < -0.3 is 16.4 Å². The molecule has 0 aliphatic carbocycles. The number of nitrogens with zero attached hydrogens (tertiary/aromatic N) is 1. The fourth-order valence-electron chi connectivity index (χ4n) is 2.06. The monoisotopic (exact) mass is 241 g/mol. The molecule has 4 N–H and O–H groups in total. The maximum absolute atomic E-state index is 5.84. The SMILES string of the molecule is Cc1cc(C)cc(N(C)c2ccc(N)c(N)c2)c1. The van der Waals surface area contributed by atoms with Crippen LogP contribution in [0.1, 0.15) is 11.1 Å². The van der Waals surface area contributed by atoms with Crippen LogP contribution in [0.4, 0.5) is 22.7 Å². The van der Waals surface area contributed by atoms with Crippen molar-refractivity contribution in [1.82, 2.24) is 0 Å². The Morgan fingerprint density at radius 1 is 0.778 bits per heavy atom. The summed E-state index contributed by atoms with van der Waals surface area (Å²) in [7, 11) is 2.03. The average Bonchev–Trinajstić information content (AvgIpc) is 2.30. The Bertz CT molecular complexity index is 556. The summed E-state index contributed by atoms with van der Waals surface area (Å²) in [6.45, 7) is 4.20.